The number of benzene rings is 1. The molecule has 0 radical (unpaired) electrons. The van der Waals surface area contributed by atoms with Gasteiger partial charge in [-0.15, -0.1) is 10.2 Å². The SMILES string of the molecule is Cc1cccc(CS(=O)(=O)NCCc2nnc(-c3ccncc3)o2)c1. The van der Waals surface area contributed by atoms with Crippen LogP contribution in [0.3, 0.4) is 0 Å². The van der Waals surface area contributed by atoms with Gasteiger partial charge in [0.2, 0.25) is 21.8 Å². The van der Waals surface area contributed by atoms with E-state index < -0.39 is 10.0 Å². The Morgan fingerprint density at radius 3 is 2.68 bits per heavy atom. The fourth-order valence-electron chi connectivity index (χ4n) is 2.35. The first kappa shape index (κ1) is 17.2. The molecule has 0 saturated heterocycles. The Bertz CT molecular complexity index is 939. The fraction of sp³-hybridized carbons (Fsp3) is 0.235. The molecule has 0 bridgehead atoms. The molecule has 130 valence electrons. The molecular formula is C17H18N4O3S. The van der Waals surface area contributed by atoms with Crippen LogP contribution in [0.25, 0.3) is 11.5 Å². The van der Waals surface area contributed by atoms with E-state index in [1.807, 2.05) is 25.1 Å². The molecular weight excluding hydrogens is 340 g/mol. The van der Waals surface area contributed by atoms with Gasteiger partial charge in [-0.25, -0.2) is 13.1 Å². The highest BCUT2D eigenvalue weighted by Crippen LogP contribution is 2.16. The van der Waals surface area contributed by atoms with Crippen molar-refractivity contribution < 1.29 is 12.8 Å². The van der Waals surface area contributed by atoms with Crippen LogP contribution in [0.2, 0.25) is 0 Å². The second-order valence-electron chi connectivity index (χ2n) is 5.63. The molecule has 0 unspecified atom stereocenters. The number of pyridine rings is 1. The first-order valence-corrected chi connectivity index (χ1v) is 9.43. The Labute approximate surface area is 146 Å². The molecule has 0 aliphatic rings. The van der Waals surface area contributed by atoms with Crippen molar-refractivity contribution in [1.29, 1.82) is 0 Å². The highest BCUT2D eigenvalue weighted by molar-refractivity contribution is 7.88. The molecule has 7 nitrogen and oxygen atoms in total. The van der Waals surface area contributed by atoms with Gasteiger partial charge in [0.15, 0.2) is 0 Å². The van der Waals surface area contributed by atoms with Crippen molar-refractivity contribution in [3.05, 3.63) is 65.8 Å². The van der Waals surface area contributed by atoms with Crippen molar-refractivity contribution in [2.75, 3.05) is 6.54 Å². The van der Waals surface area contributed by atoms with Crippen molar-refractivity contribution >= 4 is 10.0 Å². The third kappa shape index (κ3) is 4.94. The lowest BCUT2D eigenvalue weighted by molar-refractivity contribution is 0.502. The van der Waals surface area contributed by atoms with Crippen molar-refractivity contribution in [3.8, 4) is 11.5 Å². The zero-order valence-corrected chi connectivity index (χ0v) is 14.5. The zero-order valence-electron chi connectivity index (χ0n) is 13.7. The maximum atomic E-state index is 12.1. The minimum absolute atomic E-state index is 0.0548. The van der Waals surface area contributed by atoms with Crippen molar-refractivity contribution in [1.82, 2.24) is 19.9 Å². The molecule has 2 heterocycles. The molecule has 0 saturated carbocycles. The smallest absolute Gasteiger partial charge is 0.247 e. The summed E-state index contributed by atoms with van der Waals surface area (Å²) in [6, 6.07) is 11.0. The number of nitrogens with zero attached hydrogens (tertiary/aromatic N) is 3. The number of sulfonamides is 1. The van der Waals surface area contributed by atoms with Crippen LogP contribution in [-0.4, -0.2) is 30.1 Å². The second-order valence-corrected chi connectivity index (χ2v) is 7.44. The Balaban J connectivity index is 1.55. The van der Waals surface area contributed by atoms with E-state index in [4.69, 9.17) is 4.42 Å². The van der Waals surface area contributed by atoms with Crippen molar-refractivity contribution in [3.63, 3.8) is 0 Å². The number of nitrogens with one attached hydrogen (secondary N) is 1. The predicted octanol–water partition coefficient (Wildman–Crippen LogP) is 2.10. The van der Waals surface area contributed by atoms with Gasteiger partial charge in [0, 0.05) is 30.9 Å². The van der Waals surface area contributed by atoms with Gasteiger partial charge in [-0.1, -0.05) is 29.8 Å². The first-order chi connectivity index (χ1) is 12.0. The monoisotopic (exact) mass is 358 g/mol. The largest absolute Gasteiger partial charge is 0.421 e. The lowest BCUT2D eigenvalue weighted by atomic mass is 10.2. The van der Waals surface area contributed by atoms with E-state index in [1.165, 1.54) is 0 Å². The van der Waals surface area contributed by atoms with Gasteiger partial charge >= 0.3 is 0 Å². The van der Waals surface area contributed by atoms with Gasteiger partial charge in [-0.2, -0.15) is 0 Å². The fourth-order valence-corrected chi connectivity index (χ4v) is 3.49. The number of hydrogen-bond donors (Lipinski definition) is 1. The van der Waals surface area contributed by atoms with Crippen LogP contribution in [0, 0.1) is 6.92 Å². The molecule has 0 aliphatic carbocycles. The molecule has 1 N–H and O–H groups in total. The van der Waals surface area contributed by atoms with E-state index in [2.05, 4.69) is 19.9 Å². The summed E-state index contributed by atoms with van der Waals surface area (Å²) in [5.41, 5.74) is 2.56. The van der Waals surface area contributed by atoms with E-state index in [0.717, 1.165) is 16.7 Å². The predicted molar refractivity (Wildman–Crippen MR) is 93.0 cm³/mol. The van der Waals surface area contributed by atoms with Gasteiger partial charge in [-0.3, -0.25) is 4.98 Å². The van der Waals surface area contributed by atoms with Crippen molar-refractivity contribution in [2.45, 2.75) is 19.1 Å². The topological polar surface area (TPSA) is 98.0 Å². The summed E-state index contributed by atoms with van der Waals surface area (Å²) in [6.07, 6.45) is 3.60. The Hall–Kier alpha value is -2.58. The van der Waals surface area contributed by atoms with Gasteiger partial charge in [0.25, 0.3) is 0 Å². The van der Waals surface area contributed by atoms with Crippen LogP contribution < -0.4 is 4.72 Å². The molecule has 25 heavy (non-hydrogen) atoms. The lowest BCUT2D eigenvalue weighted by Gasteiger charge is -2.06. The van der Waals surface area contributed by atoms with Crippen LogP contribution in [0.15, 0.2) is 53.2 Å². The summed E-state index contributed by atoms with van der Waals surface area (Å²) in [7, 11) is -3.42. The number of aromatic nitrogens is 3. The molecule has 2 aromatic heterocycles. The second kappa shape index (κ2) is 7.54. The zero-order chi connectivity index (χ0) is 17.7. The summed E-state index contributed by atoms with van der Waals surface area (Å²) in [6.45, 7) is 2.13. The Morgan fingerprint density at radius 2 is 1.92 bits per heavy atom. The molecule has 0 atom stereocenters. The molecule has 0 aliphatic heterocycles. The summed E-state index contributed by atoms with van der Waals surface area (Å²) >= 11 is 0. The summed E-state index contributed by atoms with van der Waals surface area (Å²) in [4.78, 5) is 3.93. The van der Waals surface area contributed by atoms with Crippen LogP contribution in [0.1, 0.15) is 17.0 Å². The summed E-state index contributed by atoms with van der Waals surface area (Å²) < 4.78 is 32.4. The number of hydrogen-bond acceptors (Lipinski definition) is 6. The van der Waals surface area contributed by atoms with Gasteiger partial charge < -0.3 is 4.42 Å². The minimum Gasteiger partial charge on any atom is -0.421 e. The van der Waals surface area contributed by atoms with E-state index in [1.54, 1.807) is 30.6 Å². The van der Waals surface area contributed by atoms with Gasteiger partial charge in [0.05, 0.1) is 5.75 Å². The minimum atomic E-state index is -3.42. The first-order valence-electron chi connectivity index (χ1n) is 7.77. The third-order valence-corrected chi connectivity index (χ3v) is 4.85. The normalized spacial score (nSPS) is 11.6. The van der Waals surface area contributed by atoms with E-state index in [9.17, 15) is 8.42 Å². The highest BCUT2D eigenvalue weighted by Gasteiger charge is 2.13. The summed E-state index contributed by atoms with van der Waals surface area (Å²) in [5.74, 6) is 0.714. The maximum Gasteiger partial charge on any atom is 0.247 e. The van der Waals surface area contributed by atoms with Crippen LogP contribution in [0.4, 0.5) is 0 Å². The molecule has 8 heteroatoms. The molecule has 0 amide bonds. The Morgan fingerprint density at radius 1 is 1.12 bits per heavy atom. The quantitative estimate of drug-likeness (QED) is 0.694. The molecule has 3 rings (SSSR count). The van der Waals surface area contributed by atoms with Crippen LogP contribution in [-0.2, 0) is 22.2 Å². The molecule has 3 aromatic rings. The maximum absolute atomic E-state index is 12.1. The summed E-state index contributed by atoms with van der Waals surface area (Å²) in [5, 5.41) is 7.89. The average Bonchev–Trinajstić information content (AvgIpc) is 3.04. The van der Waals surface area contributed by atoms with Gasteiger partial charge in [-0.05, 0) is 24.6 Å². The van der Waals surface area contributed by atoms with Crippen LogP contribution in [0.5, 0.6) is 0 Å². The highest BCUT2D eigenvalue weighted by atomic mass is 32.2. The number of aryl methyl sites for hydroxylation is 1. The average molecular weight is 358 g/mol. The Kier molecular flexibility index (Phi) is 5.20. The molecule has 0 spiro atoms. The van der Waals surface area contributed by atoms with E-state index >= 15 is 0 Å². The lowest BCUT2D eigenvalue weighted by Crippen LogP contribution is -2.27. The van der Waals surface area contributed by atoms with Crippen LogP contribution >= 0.6 is 0 Å². The van der Waals surface area contributed by atoms with Gasteiger partial charge in [0.1, 0.15) is 0 Å². The molecule has 0 fully saturated rings. The van der Waals surface area contributed by atoms with Crippen molar-refractivity contribution in [2.24, 2.45) is 0 Å². The van der Waals surface area contributed by atoms with E-state index in [-0.39, 0.29) is 12.3 Å². The third-order valence-electron chi connectivity index (χ3n) is 3.49. The standard InChI is InChI=1S/C17H18N4O3S/c1-13-3-2-4-14(11-13)12-25(22,23)19-10-7-16-20-21-17(24-16)15-5-8-18-9-6-15/h2-6,8-9,11,19H,7,10,12H2,1H3. The number of rotatable bonds is 7. The molecule has 1 aromatic carbocycles. The van der Waals surface area contributed by atoms with E-state index in [0.29, 0.717) is 18.2 Å².